The van der Waals surface area contributed by atoms with E-state index in [1.54, 1.807) is 0 Å². The Balaban J connectivity index is 1.03. The molecular formula is C56H35N3O. The molecule has 0 spiro atoms. The van der Waals surface area contributed by atoms with Gasteiger partial charge in [0.05, 0.1) is 22.2 Å². The Hall–Kier alpha value is -8.08. The molecule has 3 heterocycles. The second-order valence-electron chi connectivity index (χ2n) is 15.3. The molecule has 0 aliphatic rings. The first-order chi connectivity index (χ1) is 29.7. The normalized spacial score (nSPS) is 11.7. The van der Waals surface area contributed by atoms with Crippen molar-refractivity contribution < 1.29 is 4.42 Å². The van der Waals surface area contributed by atoms with Gasteiger partial charge in [0.2, 0.25) is 0 Å². The highest BCUT2D eigenvalue weighted by Gasteiger charge is 2.20. The molecule has 0 atom stereocenters. The molecule has 0 aliphatic heterocycles. The minimum atomic E-state index is 0.664. The third kappa shape index (κ3) is 5.61. The van der Waals surface area contributed by atoms with Gasteiger partial charge >= 0.3 is 0 Å². The Bertz CT molecular complexity index is 3470. The summed E-state index contributed by atoms with van der Waals surface area (Å²) in [5.74, 6) is 0.664. The monoisotopic (exact) mass is 765 g/mol. The van der Waals surface area contributed by atoms with Gasteiger partial charge in [0.25, 0.3) is 0 Å². The van der Waals surface area contributed by atoms with Crippen LogP contribution in [0.3, 0.4) is 0 Å². The highest BCUT2D eigenvalue weighted by atomic mass is 16.3. The van der Waals surface area contributed by atoms with Crippen LogP contribution in [-0.4, -0.2) is 14.5 Å². The lowest BCUT2D eigenvalue weighted by Gasteiger charge is -2.11. The van der Waals surface area contributed by atoms with Gasteiger partial charge in [-0.25, -0.2) is 9.97 Å². The largest absolute Gasteiger partial charge is 0.456 e. The second kappa shape index (κ2) is 13.8. The van der Waals surface area contributed by atoms with E-state index in [0.29, 0.717) is 5.82 Å². The summed E-state index contributed by atoms with van der Waals surface area (Å²) in [6.45, 7) is 0. The second-order valence-corrected chi connectivity index (χ2v) is 15.3. The molecule has 3 aromatic heterocycles. The molecule has 0 unspecified atom stereocenters. The Morgan fingerprint density at radius 1 is 0.350 bits per heavy atom. The van der Waals surface area contributed by atoms with Gasteiger partial charge in [-0.15, -0.1) is 0 Å². The molecule has 4 nitrogen and oxygen atoms in total. The molecule has 0 saturated carbocycles. The van der Waals surface area contributed by atoms with Crippen LogP contribution in [0.15, 0.2) is 217 Å². The molecular weight excluding hydrogens is 731 g/mol. The Labute approximate surface area is 346 Å². The summed E-state index contributed by atoms with van der Waals surface area (Å²) < 4.78 is 9.14. The van der Waals surface area contributed by atoms with E-state index in [0.717, 1.165) is 66.4 Å². The topological polar surface area (TPSA) is 43.9 Å². The Kier molecular flexibility index (Phi) is 7.82. The minimum absolute atomic E-state index is 0.664. The highest BCUT2D eigenvalue weighted by Crippen LogP contribution is 2.41. The average molecular weight is 766 g/mol. The number of furan rings is 1. The lowest BCUT2D eigenvalue weighted by molar-refractivity contribution is 0.668. The van der Waals surface area contributed by atoms with Gasteiger partial charge in [0, 0.05) is 49.8 Å². The number of benzene rings is 9. The van der Waals surface area contributed by atoms with E-state index in [1.165, 1.54) is 44.2 Å². The molecule has 4 heteroatoms. The molecule has 12 aromatic rings. The lowest BCUT2D eigenvalue weighted by atomic mass is 10.0. The van der Waals surface area contributed by atoms with Crippen molar-refractivity contribution in [3.8, 4) is 61.7 Å². The third-order valence-electron chi connectivity index (χ3n) is 11.8. The van der Waals surface area contributed by atoms with Crippen molar-refractivity contribution in [1.29, 1.82) is 0 Å². The maximum Gasteiger partial charge on any atom is 0.161 e. The maximum atomic E-state index is 6.75. The van der Waals surface area contributed by atoms with E-state index in [9.17, 15) is 0 Å². The zero-order valence-electron chi connectivity index (χ0n) is 32.5. The van der Waals surface area contributed by atoms with Gasteiger partial charge in [-0.1, -0.05) is 170 Å². The number of hydrogen-bond acceptors (Lipinski definition) is 3. The molecule has 60 heavy (non-hydrogen) atoms. The van der Waals surface area contributed by atoms with E-state index in [2.05, 4.69) is 193 Å². The van der Waals surface area contributed by atoms with Crippen molar-refractivity contribution in [3.05, 3.63) is 212 Å². The zero-order chi connectivity index (χ0) is 39.6. The van der Waals surface area contributed by atoms with Crippen LogP contribution in [0.25, 0.3) is 116 Å². The molecule has 0 saturated heterocycles. The number of rotatable bonds is 6. The van der Waals surface area contributed by atoms with Gasteiger partial charge < -0.3 is 8.98 Å². The first-order valence-electron chi connectivity index (χ1n) is 20.3. The summed E-state index contributed by atoms with van der Waals surface area (Å²) in [4.78, 5) is 10.5. The van der Waals surface area contributed by atoms with E-state index in [1.807, 2.05) is 24.3 Å². The van der Waals surface area contributed by atoms with E-state index < -0.39 is 0 Å². The SMILES string of the molecule is c1ccc(-c2ccc(-c3nc(-c4cccc5oc6cc(-n7c8cc(-c9ccccc9)ccc8c8ccc(-c9ccccc9)cc87)ccc6c45)nc4ccccc34)cc2)cc1. The number of hydrogen-bond donors (Lipinski definition) is 0. The number of aromatic nitrogens is 3. The Morgan fingerprint density at radius 2 is 0.883 bits per heavy atom. The number of nitrogens with zero attached hydrogens (tertiary/aromatic N) is 3. The van der Waals surface area contributed by atoms with Gasteiger partial charge in [-0.2, -0.15) is 0 Å². The number of para-hydroxylation sites is 1. The van der Waals surface area contributed by atoms with E-state index in [4.69, 9.17) is 14.4 Å². The van der Waals surface area contributed by atoms with Gasteiger partial charge in [-0.3, -0.25) is 0 Å². The molecule has 12 rings (SSSR count). The van der Waals surface area contributed by atoms with Crippen molar-refractivity contribution in [2.45, 2.75) is 0 Å². The molecule has 0 bridgehead atoms. The lowest BCUT2D eigenvalue weighted by Crippen LogP contribution is -1.96. The molecule has 9 aromatic carbocycles. The minimum Gasteiger partial charge on any atom is -0.456 e. The first-order valence-corrected chi connectivity index (χ1v) is 20.3. The van der Waals surface area contributed by atoms with Crippen LogP contribution < -0.4 is 0 Å². The molecule has 0 fully saturated rings. The molecule has 0 aliphatic carbocycles. The fraction of sp³-hybridized carbons (Fsp3) is 0. The van der Waals surface area contributed by atoms with Gasteiger partial charge in [-0.05, 0) is 69.8 Å². The van der Waals surface area contributed by atoms with Crippen LogP contribution >= 0.6 is 0 Å². The van der Waals surface area contributed by atoms with Crippen LogP contribution in [0.4, 0.5) is 0 Å². The quantitative estimate of drug-likeness (QED) is 0.169. The predicted molar refractivity (Wildman–Crippen MR) is 248 cm³/mol. The van der Waals surface area contributed by atoms with Crippen LogP contribution in [0, 0.1) is 0 Å². The van der Waals surface area contributed by atoms with Crippen LogP contribution in [-0.2, 0) is 0 Å². The smallest absolute Gasteiger partial charge is 0.161 e. The molecule has 0 radical (unpaired) electrons. The summed E-state index contributed by atoms with van der Waals surface area (Å²) >= 11 is 0. The van der Waals surface area contributed by atoms with Gasteiger partial charge in [0.15, 0.2) is 5.82 Å². The van der Waals surface area contributed by atoms with Crippen molar-refractivity contribution in [2.75, 3.05) is 0 Å². The fourth-order valence-electron chi connectivity index (χ4n) is 8.93. The van der Waals surface area contributed by atoms with Crippen molar-refractivity contribution in [3.63, 3.8) is 0 Å². The molecule has 0 N–H and O–H groups in total. The summed E-state index contributed by atoms with van der Waals surface area (Å²) in [7, 11) is 0. The first kappa shape index (κ1) is 34.0. The van der Waals surface area contributed by atoms with E-state index >= 15 is 0 Å². The van der Waals surface area contributed by atoms with E-state index in [-0.39, 0.29) is 0 Å². The average Bonchev–Trinajstić information content (AvgIpc) is 3.86. The summed E-state index contributed by atoms with van der Waals surface area (Å²) in [6, 6.07) is 75.0. The van der Waals surface area contributed by atoms with Crippen LogP contribution in [0.5, 0.6) is 0 Å². The van der Waals surface area contributed by atoms with Crippen molar-refractivity contribution in [2.24, 2.45) is 0 Å². The summed E-state index contributed by atoms with van der Waals surface area (Å²) in [6.07, 6.45) is 0. The van der Waals surface area contributed by atoms with Gasteiger partial charge in [0.1, 0.15) is 11.2 Å². The Morgan fingerprint density at radius 3 is 1.53 bits per heavy atom. The van der Waals surface area contributed by atoms with Crippen molar-refractivity contribution >= 4 is 54.6 Å². The van der Waals surface area contributed by atoms with Crippen LogP contribution in [0.1, 0.15) is 0 Å². The molecule has 0 amide bonds. The zero-order valence-corrected chi connectivity index (χ0v) is 32.5. The summed E-state index contributed by atoms with van der Waals surface area (Å²) in [5, 5.41) is 5.44. The summed E-state index contributed by atoms with van der Waals surface area (Å²) in [5.41, 5.74) is 15.8. The molecule has 280 valence electrons. The standard InChI is InChI=1S/C56H35N3O/c1-4-13-36(14-5-1)39-23-25-40(26-24-39)55-46-19-10-11-21-49(46)57-56(58-55)48-20-12-22-52-54(48)47-32-29-43(35-53(47)60-52)59-50-33-41(37-15-6-2-7-16-37)27-30-44(50)45-31-28-42(34-51(45)59)38-17-8-3-9-18-38/h1-35H. The highest BCUT2D eigenvalue weighted by molar-refractivity contribution is 6.14. The number of fused-ring (bicyclic) bond motifs is 7. The fourth-order valence-corrected chi connectivity index (χ4v) is 8.93. The third-order valence-corrected chi connectivity index (χ3v) is 11.8. The predicted octanol–water partition coefficient (Wildman–Crippen LogP) is 15.0. The van der Waals surface area contributed by atoms with Crippen molar-refractivity contribution in [1.82, 2.24) is 14.5 Å². The maximum absolute atomic E-state index is 6.75. The van der Waals surface area contributed by atoms with Crippen LogP contribution in [0.2, 0.25) is 0 Å².